The van der Waals surface area contributed by atoms with Gasteiger partial charge in [-0.25, -0.2) is 9.59 Å². The number of nitrogens with zero attached hydrogens (tertiary/aromatic N) is 1. The van der Waals surface area contributed by atoms with Crippen LogP contribution in [0.25, 0.3) is 0 Å². The second-order valence-electron chi connectivity index (χ2n) is 10.6. The number of amides is 2. The van der Waals surface area contributed by atoms with E-state index < -0.39 is 23.7 Å². The first-order valence-corrected chi connectivity index (χ1v) is 13.5. The van der Waals surface area contributed by atoms with Crippen LogP contribution in [0.4, 0.5) is 10.5 Å². The van der Waals surface area contributed by atoms with Crippen LogP contribution >= 0.6 is 11.6 Å². The van der Waals surface area contributed by atoms with E-state index in [1.807, 2.05) is 30.3 Å². The Morgan fingerprint density at radius 1 is 1.12 bits per heavy atom. The Morgan fingerprint density at radius 2 is 1.80 bits per heavy atom. The summed E-state index contributed by atoms with van der Waals surface area (Å²) in [5, 5.41) is 2.91. The monoisotopic (exact) mass is 575 g/mol. The molecule has 3 N–H and O–H groups in total. The van der Waals surface area contributed by atoms with Gasteiger partial charge in [-0.15, -0.1) is 0 Å². The lowest BCUT2D eigenvalue weighted by Crippen LogP contribution is -2.53. The maximum atomic E-state index is 13.4. The van der Waals surface area contributed by atoms with Crippen LogP contribution in [0, 0.1) is 5.92 Å². The molecule has 2 aromatic rings. The van der Waals surface area contributed by atoms with Crippen molar-refractivity contribution in [3.8, 4) is 5.75 Å². The van der Waals surface area contributed by atoms with Crippen molar-refractivity contribution in [3.63, 3.8) is 0 Å². The standard InChI is InChI=1S/C29H38ClN3O7/c1-29(2,3)40-28(36)32-24(18-38-16-19-8-6-5-7-9-19)26(34)33-12-10-20(11-13-33)17-39-27(35)21-14-22(30)23(31)15-25(21)37-4/h5-9,14-15,20,24H,10-13,16-18,31H2,1-4H3,(H,32,36)/t24-/m0/s1. The number of methoxy groups -OCH3 is 1. The van der Waals surface area contributed by atoms with E-state index in [2.05, 4.69) is 5.32 Å². The van der Waals surface area contributed by atoms with Gasteiger partial charge in [0.25, 0.3) is 0 Å². The average Bonchev–Trinajstić information content (AvgIpc) is 2.92. The molecular weight excluding hydrogens is 538 g/mol. The highest BCUT2D eigenvalue weighted by molar-refractivity contribution is 6.33. The Hall–Kier alpha value is -3.50. The van der Waals surface area contributed by atoms with E-state index in [0.29, 0.717) is 38.2 Å². The number of carbonyl (C=O) groups is 3. The number of halogens is 1. The number of esters is 1. The molecule has 1 atom stereocenters. The number of piperidine rings is 1. The molecule has 1 aliphatic rings. The second kappa shape index (κ2) is 14.2. The lowest BCUT2D eigenvalue weighted by molar-refractivity contribution is -0.136. The molecule has 1 saturated heterocycles. The molecule has 11 heteroatoms. The molecule has 2 amide bonds. The van der Waals surface area contributed by atoms with Crippen LogP contribution in [0.3, 0.4) is 0 Å². The maximum absolute atomic E-state index is 13.4. The summed E-state index contributed by atoms with van der Waals surface area (Å²) >= 11 is 6.06. The molecular formula is C29H38ClN3O7. The van der Waals surface area contributed by atoms with Crippen molar-refractivity contribution in [2.45, 2.75) is 51.9 Å². The highest BCUT2D eigenvalue weighted by atomic mass is 35.5. The van der Waals surface area contributed by atoms with Crippen molar-refractivity contribution in [1.29, 1.82) is 0 Å². The van der Waals surface area contributed by atoms with Gasteiger partial charge in [-0.2, -0.15) is 0 Å². The molecule has 3 rings (SSSR count). The number of nitrogens with one attached hydrogen (secondary N) is 1. The maximum Gasteiger partial charge on any atom is 0.408 e. The minimum absolute atomic E-state index is 0.00348. The third-order valence-electron chi connectivity index (χ3n) is 6.30. The first-order chi connectivity index (χ1) is 19.0. The third-order valence-corrected chi connectivity index (χ3v) is 6.63. The van der Waals surface area contributed by atoms with Crippen molar-refractivity contribution in [2.24, 2.45) is 5.92 Å². The molecule has 1 heterocycles. The fraction of sp³-hybridized carbons (Fsp3) is 0.483. The van der Waals surface area contributed by atoms with Crippen LogP contribution in [0.1, 0.15) is 49.5 Å². The number of carbonyl (C=O) groups excluding carboxylic acids is 3. The zero-order chi connectivity index (χ0) is 29.3. The summed E-state index contributed by atoms with van der Waals surface area (Å²) in [6, 6.07) is 11.6. The Kier molecular flexibility index (Phi) is 11.0. The summed E-state index contributed by atoms with van der Waals surface area (Å²) < 4.78 is 21.9. The van der Waals surface area contributed by atoms with Crippen LogP contribution < -0.4 is 15.8 Å². The molecule has 40 heavy (non-hydrogen) atoms. The molecule has 0 saturated carbocycles. The molecule has 0 bridgehead atoms. The molecule has 0 radical (unpaired) electrons. The van der Waals surface area contributed by atoms with E-state index in [4.69, 9.17) is 36.3 Å². The second-order valence-corrected chi connectivity index (χ2v) is 11.0. The molecule has 0 aromatic heterocycles. The Bertz CT molecular complexity index is 1160. The Labute approximate surface area is 240 Å². The SMILES string of the molecule is COc1cc(N)c(Cl)cc1C(=O)OCC1CCN(C(=O)[C@H](COCc2ccccc2)NC(=O)OC(C)(C)C)CC1. The zero-order valence-electron chi connectivity index (χ0n) is 23.4. The number of nitrogen functional groups attached to an aromatic ring is 1. The predicted molar refractivity (Wildman–Crippen MR) is 151 cm³/mol. The van der Waals surface area contributed by atoms with Crippen molar-refractivity contribution < 1.29 is 33.3 Å². The minimum atomic E-state index is -0.907. The quantitative estimate of drug-likeness (QED) is 0.314. The number of hydrogen-bond acceptors (Lipinski definition) is 8. The number of benzene rings is 2. The predicted octanol–water partition coefficient (Wildman–Crippen LogP) is 4.44. The first kappa shape index (κ1) is 31.0. The molecule has 2 aromatic carbocycles. The summed E-state index contributed by atoms with van der Waals surface area (Å²) in [6.07, 6.45) is 0.569. The van der Waals surface area contributed by atoms with Crippen molar-refractivity contribution in [2.75, 3.05) is 39.1 Å². The average molecular weight is 576 g/mol. The molecule has 0 spiro atoms. The Balaban J connectivity index is 1.54. The molecule has 1 aliphatic heterocycles. The minimum Gasteiger partial charge on any atom is -0.496 e. The number of likely N-dealkylation sites (tertiary alicyclic amines) is 1. The van der Waals surface area contributed by atoms with Gasteiger partial charge in [0, 0.05) is 19.2 Å². The molecule has 10 nitrogen and oxygen atoms in total. The van der Waals surface area contributed by atoms with Crippen molar-refractivity contribution >= 4 is 35.3 Å². The third kappa shape index (κ3) is 9.31. The number of hydrogen-bond donors (Lipinski definition) is 2. The number of alkyl carbamates (subject to hydrolysis) is 1. The van der Waals surface area contributed by atoms with Crippen LogP contribution in [0.5, 0.6) is 5.75 Å². The van der Waals surface area contributed by atoms with E-state index in [0.717, 1.165) is 5.56 Å². The van der Waals surface area contributed by atoms with Gasteiger partial charge in [-0.05, 0) is 51.2 Å². The van der Waals surface area contributed by atoms with E-state index >= 15 is 0 Å². The van der Waals surface area contributed by atoms with E-state index in [1.54, 1.807) is 25.7 Å². The van der Waals surface area contributed by atoms with Crippen LogP contribution in [0.2, 0.25) is 5.02 Å². The molecule has 218 valence electrons. The van der Waals surface area contributed by atoms with E-state index in [1.165, 1.54) is 19.2 Å². The van der Waals surface area contributed by atoms with Gasteiger partial charge in [0.2, 0.25) is 5.91 Å². The normalized spacial score (nSPS) is 14.8. The fourth-order valence-electron chi connectivity index (χ4n) is 4.20. The molecule has 0 unspecified atom stereocenters. The lowest BCUT2D eigenvalue weighted by atomic mass is 9.97. The van der Waals surface area contributed by atoms with Gasteiger partial charge in [0.1, 0.15) is 23.0 Å². The highest BCUT2D eigenvalue weighted by Gasteiger charge is 2.31. The lowest BCUT2D eigenvalue weighted by Gasteiger charge is -2.34. The summed E-state index contributed by atoms with van der Waals surface area (Å²) in [5.74, 6) is -0.467. The molecule has 1 fully saturated rings. The summed E-state index contributed by atoms with van der Waals surface area (Å²) in [6.45, 7) is 6.65. The summed E-state index contributed by atoms with van der Waals surface area (Å²) in [4.78, 5) is 40.2. The Morgan fingerprint density at radius 3 is 2.42 bits per heavy atom. The van der Waals surface area contributed by atoms with Gasteiger partial charge in [0.15, 0.2) is 0 Å². The van der Waals surface area contributed by atoms with E-state index in [9.17, 15) is 14.4 Å². The van der Waals surface area contributed by atoms with Gasteiger partial charge in [0.05, 0.1) is 37.6 Å². The van der Waals surface area contributed by atoms with Gasteiger partial charge in [-0.3, -0.25) is 4.79 Å². The number of rotatable bonds is 10. The number of ether oxygens (including phenoxy) is 4. The van der Waals surface area contributed by atoms with Crippen LogP contribution in [-0.2, 0) is 25.6 Å². The van der Waals surface area contributed by atoms with Crippen LogP contribution in [0.15, 0.2) is 42.5 Å². The molecule has 0 aliphatic carbocycles. The fourth-order valence-corrected chi connectivity index (χ4v) is 4.37. The topological polar surface area (TPSA) is 129 Å². The zero-order valence-corrected chi connectivity index (χ0v) is 24.2. The van der Waals surface area contributed by atoms with Gasteiger partial charge < -0.3 is 34.9 Å². The van der Waals surface area contributed by atoms with Crippen molar-refractivity contribution in [3.05, 3.63) is 58.6 Å². The van der Waals surface area contributed by atoms with Gasteiger partial charge in [-0.1, -0.05) is 41.9 Å². The van der Waals surface area contributed by atoms with Gasteiger partial charge >= 0.3 is 12.1 Å². The highest BCUT2D eigenvalue weighted by Crippen LogP contribution is 2.30. The number of nitrogens with two attached hydrogens (primary N) is 1. The number of anilines is 1. The largest absolute Gasteiger partial charge is 0.496 e. The van der Waals surface area contributed by atoms with E-state index in [-0.39, 0.29) is 41.4 Å². The van der Waals surface area contributed by atoms with Crippen LogP contribution in [-0.4, -0.2) is 67.9 Å². The summed E-state index contributed by atoms with van der Waals surface area (Å²) in [5.41, 5.74) is 6.54. The summed E-state index contributed by atoms with van der Waals surface area (Å²) in [7, 11) is 1.43. The first-order valence-electron chi connectivity index (χ1n) is 13.2. The van der Waals surface area contributed by atoms with Crippen molar-refractivity contribution in [1.82, 2.24) is 10.2 Å². The smallest absolute Gasteiger partial charge is 0.408 e.